The first-order chi connectivity index (χ1) is 8.29. The van der Waals surface area contributed by atoms with Crippen LogP contribution in [-0.4, -0.2) is 12.4 Å². The number of fused-ring (bicyclic) bond motifs is 3. The molecule has 0 aromatic heterocycles. The molecule has 1 aromatic rings. The molecule has 0 N–H and O–H groups in total. The molecule has 3 rings (SSSR count). The predicted octanol–water partition coefficient (Wildman–Crippen LogP) is 3.09. The van der Waals surface area contributed by atoms with E-state index in [4.69, 9.17) is 4.74 Å². The highest BCUT2D eigenvalue weighted by Crippen LogP contribution is 2.45. The largest absolute Gasteiger partial charge is 0.493 e. The molecule has 1 heterocycles. The lowest BCUT2D eigenvalue weighted by atomic mass is 9.72. The van der Waals surface area contributed by atoms with Crippen molar-refractivity contribution in [3.63, 3.8) is 0 Å². The number of ketones is 1. The highest BCUT2D eigenvalue weighted by atomic mass is 16.5. The van der Waals surface area contributed by atoms with Crippen molar-refractivity contribution in [3.8, 4) is 5.75 Å². The quantitative estimate of drug-likeness (QED) is 0.741. The summed E-state index contributed by atoms with van der Waals surface area (Å²) >= 11 is 0. The van der Waals surface area contributed by atoms with Crippen molar-refractivity contribution < 1.29 is 9.53 Å². The molecule has 0 radical (unpaired) electrons. The first-order valence-electron chi connectivity index (χ1n) is 6.56. The van der Waals surface area contributed by atoms with Gasteiger partial charge >= 0.3 is 0 Å². The molecule has 0 spiro atoms. The van der Waals surface area contributed by atoms with E-state index in [0.717, 1.165) is 38.0 Å². The van der Waals surface area contributed by atoms with E-state index >= 15 is 0 Å². The van der Waals surface area contributed by atoms with E-state index in [2.05, 4.69) is 19.1 Å². The SMILES string of the molecule is CCc1cccc2c1C1CC(=O)CCC1CO2. The number of benzene rings is 1. The Morgan fingerprint density at radius 2 is 2.29 bits per heavy atom. The van der Waals surface area contributed by atoms with Crippen molar-refractivity contribution >= 4 is 5.78 Å². The lowest BCUT2D eigenvalue weighted by Gasteiger charge is -2.37. The van der Waals surface area contributed by atoms with Gasteiger partial charge in [0.25, 0.3) is 0 Å². The monoisotopic (exact) mass is 230 g/mol. The van der Waals surface area contributed by atoms with Gasteiger partial charge in [-0.15, -0.1) is 0 Å². The van der Waals surface area contributed by atoms with Crippen LogP contribution in [0.25, 0.3) is 0 Å². The third kappa shape index (κ3) is 1.76. The van der Waals surface area contributed by atoms with Gasteiger partial charge in [-0.1, -0.05) is 19.1 Å². The van der Waals surface area contributed by atoms with Crippen LogP contribution in [0, 0.1) is 5.92 Å². The van der Waals surface area contributed by atoms with Crippen LogP contribution < -0.4 is 4.74 Å². The van der Waals surface area contributed by atoms with Crippen LogP contribution in [0.3, 0.4) is 0 Å². The Morgan fingerprint density at radius 3 is 3.12 bits per heavy atom. The molecule has 1 fully saturated rings. The van der Waals surface area contributed by atoms with E-state index in [1.165, 1.54) is 11.1 Å². The van der Waals surface area contributed by atoms with Crippen LogP contribution in [0.15, 0.2) is 18.2 Å². The minimum atomic E-state index is 0.413. The number of hydrogen-bond donors (Lipinski definition) is 0. The molecule has 1 saturated carbocycles. The van der Waals surface area contributed by atoms with Crippen molar-refractivity contribution in [2.45, 2.75) is 38.5 Å². The second kappa shape index (κ2) is 4.17. The molecule has 2 aliphatic rings. The van der Waals surface area contributed by atoms with E-state index in [0.29, 0.717) is 17.6 Å². The Hall–Kier alpha value is -1.31. The molecule has 2 heteroatoms. The van der Waals surface area contributed by atoms with Crippen molar-refractivity contribution in [1.29, 1.82) is 0 Å². The molecule has 0 saturated heterocycles. The zero-order valence-corrected chi connectivity index (χ0v) is 10.2. The summed E-state index contributed by atoms with van der Waals surface area (Å²) in [5.41, 5.74) is 2.67. The maximum atomic E-state index is 11.7. The van der Waals surface area contributed by atoms with Gasteiger partial charge in [-0.25, -0.2) is 0 Å². The van der Waals surface area contributed by atoms with E-state index in [-0.39, 0.29) is 0 Å². The van der Waals surface area contributed by atoms with Crippen LogP contribution in [0.5, 0.6) is 5.75 Å². The summed E-state index contributed by atoms with van der Waals surface area (Å²) in [6, 6.07) is 6.27. The summed E-state index contributed by atoms with van der Waals surface area (Å²) in [5.74, 6) is 2.40. The van der Waals surface area contributed by atoms with Crippen LogP contribution in [-0.2, 0) is 11.2 Å². The second-order valence-corrected chi connectivity index (χ2v) is 5.14. The van der Waals surface area contributed by atoms with Crippen LogP contribution in [0.4, 0.5) is 0 Å². The number of ether oxygens (including phenoxy) is 1. The Bertz CT molecular complexity index is 436. The van der Waals surface area contributed by atoms with Gasteiger partial charge in [-0.3, -0.25) is 4.79 Å². The number of aryl methyl sites for hydroxylation is 1. The molecule has 0 bridgehead atoms. The van der Waals surface area contributed by atoms with Crippen LogP contribution >= 0.6 is 0 Å². The fourth-order valence-electron chi connectivity index (χ4n) is 3.24. The maximum absolute atomic E-state index is 11.7. The van der Waals surface area contributed by atoms with Crippen molar-refractivity contribution in [2.75, 3.05) is 6.61 Å². The van der Waals surface area contributed by atoms with Gasteiger partial charge in [0.05, 0.1) is 6.61 Å². The van der Waals surface area contributed by atoms with E-state index in [1.54, 1.807) is 0 Å². The number of Topliss-reactive ketones (excluding diaryl/α,β-unsaturated/α-hetero) is 1. The summed E-state index contributed by atoms with van der Waals surface area (Å²) in [5, 5.41) is 0. The first-order valence-corrected chi connectivity index (χ1v) is 6.56. The Balaban J connectivity index is 2.06. The normalized spacial score (nSPS) is 27.0. The van der Waals surface area contributed by atoms with Gasteiger partial charge in [0, 0.05) is 30.2 Å². The smallest absolute Gasteiger partial charge is 0.133 e. The number of carbonyl (C=O) groups excluding carboxylic acids is 1. The molecule has 1 aromatic carbocycles. The van der Waals surface area contributed by atoms with E-state index in [1.807, 2.05) is 6.07 Å². The third-order valence-electron chi connectivity index (χ3n) is 4.17. The zero-order valence-electron chi connectivity index (χ0n) is 10.2. The second-order valence-electron chi connectivity index (χ2n) is 5.14. The van der Waals surface area contributed by atoms with Gasteiger partial charge in [0.15, 0.2) is 0 Å². The summed E-state index contributed by atoms with van der Waals surface area (Å²) < 4.78 is 5.86. The standard InChI is InChI=1S/C15H18O2/c1-2-10-4-3-5-14-15(10)13-8-12(16)7-6-11(13)9-17-14/h3-5,11,13H,2,6-9H2,1H3. The van der Waals surface area contributed by atoms with Gasteiger partial charge in [0.2, 0.25) is 0 Å². The van der Waals surface area contributed by atoms with Crippen LogP contribution in [0.1, 0.15) is 43.2 Å². The van der Waals surface area contributed by atoms with Crippen molar-refractivity contribution in [2.24, 2.45) is 5.92 Å². The molecule has 2 nitrogen and oxygen atoms in total. The molecular weight excluding hydrogens is 212 g/mol. The maximum Gasteiger partial charge on any atom is 0.133 e. The minimum absolute atomic E-state index is 0.413. The fraction of sp³-hybridized carbons (Fsp3) is 0.533. The molecule has 1 aliphatic heterocycles. The highest BCUT2D eigenvalue weighted by Gasteiger charge is 2.36. The summed E-state index contributed by atoms with van der Waals surface area (Å²) in [7, 11) is 0. The Morgan fingerprint density at radius 1 is 1.41 bits per heavy atom. The first kappa shape index (κ1) is 10.8. The zero-order chi connectivity index (χ0) is 11.8. The average molecular weight is 230 g/mol. The van der Waals surface area contributed by atoms with Crippen molar-refractivity contribution in [1.82, 2.24) is 0 Å². The number of hydrogen-bond acceptors (Lipinski definition) is 2. The van der Waals surface area contributed by atoms with Gasteiger partial charge in [0.1, 0.15) is 11.5 Å². The molecule has 17 heavy (non-hydrogen) atoms. The highest BCUT2D eigenvalue weighted by molar-refractivity contribution is 5.80. The lowest BCUT2D eigenvalue weighted by Crippen LogP contribution is -2.32. The summed E-state index contributed by atoms with van der Waals surface area (Å²) in [4.78, 5) is 11.7. The summed E-state index contributed by atoms with van der Waals surface area (Å²) in [6.07, 6.45) is 3.48. The summed E-state index contributed by atoms with van der Waals surface area (Å²) in [6.45, 7) is 2.96. The van der Waals surface area contributed by atoms with Gasteiger partial charge in [-0.05, 0) is 24.5 Å². The minimum Gasteiger partial charge on any atom is -0.493 e. The third-order valence-corrected chi connectivity index (χ3v) is 4.17. The molecular formula is C15H18O2. The number of rotatable bonds is 1. The fourth-order valence-corrected chi connectivity index (χ4v) is 3.24. The predicted molar refractivity (Wildman–Crippen MR) is 66.4 cm³/mol. The van der Waals surface area contributed by atoms with E-state index in [9.17, 15) is 4.79 Å². The molecule has 2 atom stereocenters. The van der Waals surface area contributed by atoms with Crippen LogP contribution in [0.2, 0.25) is 0 Å². The number of carbonyl (C=O) groups is 1. The van der Waals surface area contributed by atoms with Gasteiger partial charge < -0.3 is 4.74 Å². The molecule has 1 aliphatic carbocycles. The molecule has 0 amide bonds. The van der Waals surface area contributed by atoms with E-state index < -0.39 is 0 Å². The molecule has 2 unspecified atom stereocenters. The average Bonchev–Trinajstić information content (AvgIpc) is 2.37. The van der Waals surface area contributed by atoms with Gasteiger partial charge in [-0.2, -0.15) is 0 Å². The molecule has 90 valence electrons. The lowest BCUT2D eigenvalue weighted by molar-refractivity contribution is -0.122. The Kier molecular flexibility index (Phi) is 2.65. The topological polar surface area (TPSA) is 26.3 Å². The van der Waals surface area contributed by atoms with Crippen molar-refractivity contribution in [3.05, 3.63) is 29.3 Å². The Labute approximate surface area is 102 Å².